The lowest BCUT2D eigenvalue weighted by molar-refractivity contribution is -0.394. The van der Waals surface area contributed by atoms with Crippen molar-refractivity contribution in [3.63, 3.8) is 0 Å². The zero-order valence-corrected chi connectivity index (χ0v) is 12.9. The molecule has 1 fully saturated rings. The number of nitro benzene ring substituents is 2. The summed E-state index contributed by atoms with van der Waals surface area (Å²) in [5.41, 5.74) is 4.25. The van der Waals surface area contributed by atoms with Crippen LogP contribution in [0.3, 0.4) is 0 Å². The van der Waals surface area contributed by atoms with E-state index in [0.29, 0.717) is 12.8 Å². The van der Waals surface area contributed by atoms with Crippen molar-refractivity contribution < 1.29 is 19.4 Å². The van der Waals surface area contributed by atoms with Gasteiger partial charge in [-0.05, 0) is 19.8 Å². The van der Waals surface area contributed by atoms with E-state index in [1.165, 1.54) is 11.8 Å². The Morgan fingerprint density at radius 2 is 1.75 bits per heavy atom. The second-order valence-electron chi connectivity index (χ2n) is 5.62. The van der Waals surface area contributed by atoms with Crippen LogP contribution >= 0.6 is 0 Å². The number of primary amides is 1. The predicted molar refractivity (Wildman–Crippen MR) is 82.3 cm³/mol. The molecule has 0 radical (unpaired) electrons. The fraction of sp³-hybridized carbons (Fsp3) is 0.429. The number of amides is 2. The maximum absolute atomic E-state index is 12.6. The van der Waals surface area contributed by atoms with E-state index in [4.69, 9.17) is 5.73 Å². The van der Waals surface area contributed by atoms with E-state index in [-0.39, 0.29) is 30.1 Å². The van der Waals surface area contributed by atoms with Gasteiger partial charge in [0.15, 0.2) is 0 Å². The highest BCUT2D eigenvalue weighted by Gasteiger charge is 2.30. The Balaban J connectivity index is 2.34. The van der Waals surface area contributed by atoms with Crippen molar-refractivity contribution in [1.29, 1.82) is 0 Å². The molecule has 1 aliphatic heterocycles. The summed E-state index contributed by atoms with van der Waals surface area (Å²) >= 11 is 0. The second-order valence-corrected chi connectivity index (χ2v) is 5.62. The molecule has 0 aliphatic carbocycles. The van der Waals surface area contributed by atoms with Crippen LogP contribution in [0, 0.1) is 33.1 Å². The van der Waals surface area contributed by atoms with E-state index in [9.17, 15) is 29.8 Å². The molecule has 10 nitrogen and oxygen atoms in total. The molecule has 1 aromatic rings. The number of hydrogen-bond donors (Lipinski definition) is 1. The zero-order chi connectivity index (χ0) is 18.0. The number of carbonyl (C=O) groups excluding carboxylic acids is 2. The lowest BCUT2D eigenvalue weighted by Gasteiger charge is -2.30. The molecule has 128 valence electrons. The van der Waals surface area contributed by atoms with E-state index < -0.39 is 33.0 Å². The number of likely N-dealkylation sites (tertiary alicyclic amines) is 1. The number of nitro groups is 2. The minimum Gasteiger partial charge on any atom is -0.369 e. The van der Waals surface area contributed by atoms with Gasteiger partial charge in [0.05, 0.1) is 21.5 Å². The average molecular weight is 336 g/mol. The molecule has 24 heavy (non-hydrogen) atoms. The van der Waals surface area contributed by atoms with Gasteiger partial charge >= 0.3 is 0 Å². The maximum atomic E-state index is 12.6. The Labute approximate surface area is 136 Å². The van der Waals surface area contributed by atoms with E-state index in [2.05, 4.69) is 0 Å². The normalized spacial score (nSPS) is 15.1. The monoisotopic (exact) mass is 336 g/mol. The summed E-state index contributed by atoms with van der Waals surface area (Å²) in [4.78, 5) is 45.7. The number of nitrogens with two attached hydrogens (primary N) is 1. The highest BCUT2D eigenvalue weighted by molar-refractivity contribution is 5.97. The number of nitrogens with zero attached hydrogens (tertiary/aromatic N) is 3. The van der Waals surface area contributed by atoms with Gasteiger partial charge in [-0.1, -0.05) is 0 Å². The molecular formula is C14H16N4O6. The fourth-order valence-electron chi connectivity index (χ4n) is 2.74. The van der Waals surface area contributed by atoms with Crippen LogP contribution in [0.2, 0.25) is 0 Å². The van der Waals surface area contributed by atoms with E-state index in [1.807, 2.05) is 0 Å². The van der Waals surface area contributed by atoms with Crippen molar-refractivity contribution in [2.75, 3.05) is 13.1 Å². The first kappa shape index (κ1) is 17.3. The molecular weight excluding hydrogens is 320 g/mol. The number of non-ortho nitro benzene ring substituents is 1. The van der Waals surface area contributed by atoms with Crippen LogP contribution in [0.1, 0.15) is 28.8 Å². The third-order valence-electron chi connectivity index (χ3n) is 4.19. The van der Waals surface area contributed by atoms with Crippen LogP contribution < -0.4 is 5.73 Å². The van der Waals surface area contributed by atoms with Gasteiger partial charge in [-0.25, -0.2) is 0 Å². The molecule has 1 saturated heterocycles. The van der Waals surface area contributed by atoms with Gasteiger partial charge in [0.25, 0.3) is 17.3 Å². The second kappa shape index (κ2) is 6.60. The van der Waals surface area contributed by atoms with Gasteiger partial charge in [0.2, 0.25) is 5.91 Å². The van der Waals surface area contributed by atoms with Gasteiger partial charge in [-0.3, -0.25) is 29.8 Å². The lowest BCUT2D eigenvalue weighted by atomic mass is 9.95. The molecule has 2 amide bonds. The minimum atomic E-state index is -0.775. The van der Waals surface area contributed by atoms with Gasteiger partial charge in [0, 0.05) is 30.6 Å². The van der Waals surface area contributed by atoms with E-state index >= 15 is 0 Å². The first-order valence-electron chi connectivity index (χ1n) is 7.24. The first-order valence-corrected chi connectivity index (χ1v) is 7.24. The quantitative estimate of drug-likeness (QED) is 0.643. The Hall–Kier alpha value is -3.04. The van der Waals surface area contributed by atoms with E-state index in [0.717, 1.165) is 12.1 Å². The lowest BCUT2D eigenvalue weighted by Crippen LogP contribution is -2.42. The summed E-state index contributed by atoms with van der Waals surface area (Å²) in [6.07, 6.45) is 0.800. The van der Waals surface area contributed by atoms with Crippen molar-refractivity contribution >= 4 is 23.2 Å². The Bertz CT molecular complexity index is 724. The van der Waals surface area contributed by atoms with Crippen LogP contribution in [0.4, 0.5) is 11.4 Å². The van der Waals surface area contributed by atoms with Crippen LogP contribution in [0.25, 0.3) is 0 Å². The summed E-state index contributed by atoms with van der Waals surface area (Å²) < 4.78 is 0. The summed E-state index contributed by atoms with van der Waals surface area (Å²) in [6.45, 7) is 1.91. The van der Waals surface area contributed by atoms with Crippen LogP contribution in [-0.4, -0.2) is 39.7 Å². The largest absolute Gasteiger partial charge is 0.369 e. The maximum Gasteiger partial charge on any atom is 0.279 e. The van der Waals surface area contributed by atoms with Gasteiger partial charge < -0.3 is 10.6 Å². The Morgan fingerprint density at radius 3 is 2.21 bits per heavy atom. The van der Waals surface area contributed by atoms with Gasteiger partial charge in [0.1, 0.15) is 0 Å². The molecule has 0 atom stereocenters. The van der Waals surface area contributed by atoms with Gasteiger partial charge in [-0.2, -0.15) is 0 Å². The molecule has 0 saturated carbocycles. The SMILES string of the molecule is Cc1c(C(=O)N2CCC(C(N)=O)CC2)cc([N+](=O)[O-])cc1[N+](=O)[O-]. The summed E-state index contributed by atoms with van der Waals surface area (Å²) in [5, 5.41) is 22.0. The van der Waals surface area contributed by atoms with Gasteiger partial charge in [-0.15, -0.1) is 0 Å². The first-order chi connectivity index (χ1) is 11.2. The van der Waals surface area contributed by atoms with Crippen LogP contribution in [0.15, 0.2) is 12.1 Å². The number of hydrogen-bond acceptors (Lipinski definition) is 6. The zero-order valence-electron chi connectivity index (χ0n) is 12.9. The van der Waals surface area contributed by atoms with Crippen molar-refractivity contribution in [2.45, 2.75) is 19.8 Å². The highest BCUT2D eigenvalue weighted by atomic mass is 16.6. The number of piperidine rings is 1. The van der Waals surface area contributed by atoms with Crippen molar-refractivity contribution in [3.05, 3.63) is 43.5 Å². The van der Waals surface area contributed by atoms with Crippen molar-refractivity contribution in [2.24, 2.45) is 11.7 Å². The molecule has 0 aromatic heterocycles. The third-order valence-corrected chi connectivity index (χ3v) is 4.19. The predicted octanol–water partition coefficient (Wildman–Crippen LogP) is 1.15. The topological polar surface area (TPSA) is 150 Å². The van der Waals surface area contributed by atoms with E-state index in [1.54, 1.807) is 0 Å². The summed E-state index contributed by atoms with van der Waals surface area (Å²) in [6, 6.07) is 1.89. The van der Waals surface area contributed by atoms with Crippen LogP contribution in [-0.2, 0) is 4.79 Å². The highest BCUT2D eigenvalue weighted by Crippen LogP contribution is 2.29. The summed E-state index contributed by atoms with van der Waals surface area (Å²) in [5.74, 6) is -1.26. The Kier molecular flexibility index (Phi) is 4.77. The van der Waals surface area contributed by atoms with Crippen LogP contribution in [0.5, 0.6) is 0 Å². The molecule has 1 aliphatic rings. The number of carbonyl (C=O) groups is 2. The molecule has 1 aromatic carbocycles. The molecule has 1 heterocycles. The molecule has 2 N–H and O–H groups in total. The van der Waals surface area contributed by atoms with Crippen molar-refractivity contribution in [1.82, 2.24) is 4.90 Å². The average Bonchev–Trinajstić information content (AvgIpc) is 2.54. The molecule has 2 rings (SSSR count). The number of rotatable bonds is 4. The fourth-order valence-corrected chi connectivity index (χ4v) is 2.74. The molecule has 0 bridgehead atoms. The summed E-state index contributed by atoms with van der Waals surface area (Å²) in [7, 11) is 0. The standard InChI is InChI=1S/C14H16N4O6/c1-8-11(6-10(17(21)22)7-12(8)18(23)24)14(20)16-4-2-9(3-5-16)13(15)19/h6-7,9H,2-5H2,1H3,(H2,15,19). The number of benzene rings is 1. The minimum absolute atomic E-state index is 0.0755. The van der Waals surface area contributed by atoms with Crippen molar-refractivity contribution in [3.8, 4) is 0 Å². The Morgan fingerprint density at radius 1 is 1.17 bits per heavy atom. The third kappa shape index (κ3) is 3.31. The molecule has 0 unspecified atom stereocenters. The smallest absolute Gasteiger partial charge is 0.279 e. The molecule has 0 spiro atoms. The molecule has 10 heteroatoms.